The van der Waals surface area contributed by atoms with Gasteiger partial charge >= 0.3 is 0 Å². The third-order valence-corrected chi connectivity index (χ3v) is 5.56. The molecule has 4 heterocycles. The Labute approximate surface area is 143 Å². The fraction of sp³-hybridized carbons (Fsp3) is 0.500. The lowest BCUT2D eigenvalue weighted by molar-refractivity contribution is -0.133. The lowest BCUT2D eigenvalue weighted by atomic mass is 10.0. The highest BCUT2D eigenvalue weighted by Gasteiger charge is 2.36. The van der Waals surface area contributed by atoms with Crippen LogP contribution in [0.2, 0.25) is 0 Å². The van der Waals surface area contributed by atoms with E-state index in [0.717, 1.165) is 35.8 Å². The van der Waals surface area contributed by atoms with Crippen molar-refractivity contribution in [2.45, 2.75) is 31.8 Å². The zero-order chi connectivity index (χ0) is 16.7. The Morgan fingerprint density at radius 1 is 1.38 bits per heavy atom. The van der Waals surface area contributed by atoms with Gasteiger partial charge in [0.1, 0.15) is 6.04 Å². The van der Waals surface area contributed by atoms with E-state index in [2.05, 4.69) is 15.0 Å². The Morgan fingerprint density at radius 2 is 2.25 bits per heavy atom. The molecule has 1 saturated heterocycles. The number of fused-ring (bicyclic) bond motifs is 1. The van der Waals surface area contributed by atoms with E-state index in [-0.39, 0.29) is 17.5 Å². The minimum absolute atomic E-state index is 0.131. The predicted octanol–water partition coefficient (Wildman–Crippen LogP) is 0.790. The molecular weight excluding hydrogens is 326 g/mol. The van der Waals surface area contributed by atoms with Gasteiger partial charge in [0.05, 0.1) is 5.69 Å². The molecule has 0 spiro atoms. The lowest BCUT2D eigenvalue weighted by Gasteiger charge is -2.33. The summed E-state index contributed by atoms with van der Waals surface area (Å²) >= 11 is 1.57. The third-order valence-electron chi connectivity index (χ3n) is 4.75. The van der Waals surface area contributed by atoms with Gasteiger partial charge in [-0.05, 0) is 12.8 Å². The number of nitrogens with zero attached hydrogens (tertiary/aromatic N) is 5. The molecule has 1 fully saturated rings. The molecule has 0 saturated carbocycles. The first-order valence-electron chi connectivity index (χ1n) is 8.14. The molecule has 2 aromatic heterocycles. The number of amides is 1. The molecule has 1 atom stereocenters. The number of aryl methyl sites for hydroxylation is 1. The summed E-state index contributed by atoms with van der Waals surface area (Å²) in [5.74, 6) is 0.133. The maximum absolute atomic E-state index is 13.0. The molecule has 2 aromatic rings. The van der Waals surface area contributed by atoms with Crippen molar-refractivity contribution in [2.24, 2.45) is 7.05 Å². The molecule has 1 amide bonds. The number of hydrogen-bond donors (Lipinski definition) is 0. The van der Waals surface area contributed by atoms with Gasteiger partial charge in [-0.2, -0.15) is 5.10 Å². The lowest BCUT2D eigenvalue weighted by Crippen LogP contribution is -2.48. The van der Waals surface area contributed by atoms with E-state index in [4.69, 9.17) is 0 Å². The molecule has 0 aromatic carbocycles. The summed E-state index contributed by atoms with van der Waals surface area (Å²) in [5, 5.41) is 7.16. The minimum atomic E-state index is -0.141. The molecular formula is C16H19N5O2S. The average Bonchev–Trinajstić information content (AvgIpc) is 3.25. The second-order valence-corrected chi connectivity index (χ2v) is 7.13. The molecule has 1 unspecified atom stereocenters. The van der Waals surface area contributed by atoms with Crippen LogP contribution in [0.15, 0.2) is 22.4 Å². The summed E-state index contributed by atoms with van der Waals surface area (Å²) < 4.78 is 1.36. The van der Waals surface area contributed by atoms with Gasteiger partial charge in [0, 0.05) is 56.3 Å². The largest absolute Gasteiger partial charge is 0.336 e. The monoisotopic (exact) mass is 345 g/mol. The Morgan fingerprint density at radius 3 is 3.04 bits per heavy atom. The second-order valence-electron chi connectivity index (χ2n) is 6.25. The van der Waals surface area contributed by atoms with E-state index in [9.17, 15) is 9.59 Å². The number of thiazole rings is 1. The number of anilines is 1. The predicted molar refractivity (Wildman–Crippen MR) is 91.1 cm³/mol. The standard InChI is InChI=1S/C16H19N5O2S/c1-19-14(22)9-11-10-20(7-4-12(11)18-19)15(23)13-3-2-6-21(13)16-17-5-8-24-16/h5,8-9,13H,2-4,6-7,10H2,1H3. The van der Waals surface area contributed by atoms with Crippen LogP contribution >= 0.6 is 11.3 Å². The summed E-state index contributed by atoms with van der Waals surface area (Å²) in [5.41, 5.74) is 1.66. The van der Waals surface area contributed by atoms with E-state index >= 15 is 0 Å². The first-order chi connectivity index (χ1) is 11.6. The van der Waals surface area contributed by atoms with Crippen LogP contribution in [-0.4, -0.2) is 44.7 Å². The number of carbonyl (C=O) groups excluding carboxylic acids is 1. The van der Waals surface area contributed by atoms with E-state index in [1.165, 1.54) is 4.68 Å². The van der Waals surface area contributed by atoms with Gasteiger partial charge in [0.2, 0.25) is 5.91 Å². The molecule has 7 nitrogen and oxygen atoms in total. The Hall–Kier alpha value is -2.22. The van der Waals surface area contributed by atoms with Crippen molar-refractivity contribution in [3.63, 3.8) is 0 Å². The van der Waals surface area contributed by atoms with Gasteiger partial charge < -0.3 is 9.80 Å². The van der Waals surface area contributed by atoms with Gasteiger partial charge in [-0.15, -0.1) is 11.3 Å². The van der Waals surface area contributed by atoms with Crippen LogP contribution in [0.5, 0.6) is 0 Å². The number of aromatic nitrogens is 3. The van der Waals surface area contributed by atoms with Crippen molar-refractivity contribution in [1.82, 2.24) is 19.7 Å². The molecule has 0 aliphatic carbocycles. The number of rotatable bonds is 2. The SMILES string of the molecule is Cn1nc2c(cc1=O)CN(C(=O)C1CCCN1c1nccs1)CC2. The molecule has 126 valence electrons. The maximum atomic E-state index is 13.0. The van der Waals surface area contributed by atoms with Crippen molar-refractivity contribution < 1.29 is 4.79 Å². The van der Waals surface area contributed by atoms with Crippen LogP contribution in [0.1, 0.15) is 24.1 Å². The van der Waals surface area contributed by atoms with Gasteiger partial charge in [0.15, 0.2) is 5.13 Å². The quantitative estimate of drug-likeness (QED) is 0.805. The van der Waals surface area contributed by atoms with Crippen LogP contribution in [-0.2, 0) is 24.8 Å². The van der Waals surface area contributed by atoms with E-state index < -0.39 is 0 Å². The summed E-state index contributed by atoms with van der Waals surface area (Å²) in [7, 11) is 1.66. The Bertz CT molecular complexity index is 816. The van der Waals surface area contributed by atoms with Gasteiger partial charge in [0.25, 0.3) is 5.56 Å². The second kappa shape index (κ2) is 6.01. The van der Waals surface area contributed by atoms with Gasteiger partial charge in [-0.3, -0.25) is 9.59 Å². The maximum Gasteiger partial charge on any atom is 0.266 e. The smallest absolute Gasteiger partial charge is 0.266 e. The van der Waals surface area contributed by atoms with Crippen molar-refractivity contribution in [1.29, 1.82) is 0 Å². The zero-order valence-corrected chi connectivity index (χ0v) is 14.3. The van der Waals surface area contributed by atoms with Gasteiger partial charge in [-0.25, -0.2) is 9.67 Å². The Kier molecular flexibility index (Phi) is 3.84. The molecule has 0 radical (unpaired) electrons. The summed E-state index contributed by atoms with van der Waals surface area (Å²) in [6, 6.07) is 1.46. The van der Waals surface area contributed by atoms with E-state index in [1.54, 1.807) is 30.6 Å². The van der Waals surface area contributed by atoms with Crippen molar-refractivity contribution in [3.05, 3.63) is 39.3 Å². The zero-order valence-electron chi connectivity index (χ0n) is 13.5. The minimum Gasteiger partial charge on any atom is -0.336 e. The molecule has 0 N–H and O–H groups in total. The molecule has 4 rings (SSSR count). The third kappa shape index (κ3) is 2.60. The van der Waals surface area contributed by atoms with Crippen LogP contribution in [0.3, 0.4) is 0 Å². The van der Waals surface area contributed by atoms with Crippen molar-refractivity contribution in [2.75, 3.05) is 18.0 Å². The highest BCUT2D eigenvalue weighted by atomic mass is 32.1. The molecule has 8 heteroatoms. The van der Waals surface area contributed by atoms with Gasteiger partial charge in [-0.1, -0.05) is 0 Å². The highest BCUT2D eigenvalue weighted by Crippen LogP contribution is 2.29. The van der Waals surface area contributed by atoms with Crippen molar-refractivity contribution in [3.8, 4) is 0 Å². The van der Waals surface area contributed by atoms with Crippen LogP contribution in [0.25, 0.3) is 0 Å². The van der Waals surface area contributed by atoms with Crippen LogP contribution < -0.4 is 10.5 Å². The molecule has 2 aliphatic rings. The topological polar surface area (TPSA) is 71.3 Å². The first kappa shape index (κ1) is 15.3. The van der Waals surface area contributed by atoms with Crippen LogP contribution in [0, 0.1) is 0 Å². The molecule has 0 bridgehead atoms. The van der Waals surface area contributed by atoms with Crippen LogP contribution in [0.4, 0.5) is 5.13 Å². The molecule has 2 aliphatic heterocycles. The fourth-order valence-electron chi connectivity index (χ4n) is 3.50. The summed E-state index contributed by atoms with van der Waals surface area (Å²) in [6.45, 7) is 2.00. The summed E-state index contributed by atoms with van der Waals surface area (Å²) in [4.78, 5) is 33.2. The highest BCUT2D eigenvalue weighted by molar-refractivity contribution is 7.13. The number of carbonyl (C=O) groups is 1. The molecule has 24 heavy (non-hydrogen) atoms. The van der Waals surface area contributed by atoms with E-state index in [1.807, 2.05) is 10.3 Å². The first-order valence-corrected chi connectivity index (χ1v) is 9.02. The summed E-state index contributed by atoms with van der Waals surface area (Å²) in [6.07, 6.45) is 4.33. The average molecular weight is 345 g/mol. The van der Waals surface area contributed by atoms with Crippen molar-refractivity contribution >= 4 is 22.4 Å². The fourth-order valence-corrected chi connectivity index (χ4v) is 4.22. The Balaban J connectivity index is 1.55. The normalized spacial score (nSPS) is 20.3. The van der Waals surface area contributed by atoms with E-state index in [0.29, 0.717) is 19.5 Å². The number of hydrogen-bond acceptors (Lipinski definition) is 6.